The fourth-order valence-corrected chi connectivity index (χ4v) is 2.75. The summed E-state index contributed by atoms with van der Waals surface area (Å²) in [4.78, 5) is 14.0. The molecule has 5 heteroatoms. The van der Waals surface area contributed by atoms with Crippen molar-refractivity contribution in [2.75, 3.05) is 26.7 Å². The third-order valence-corrected chi connectivity index (χ3v) is 4.19. The first-order valence-corrected chi connectivity index (χ1v) is 9.28. The first-order valence-electron chi connectivity index (χ1n) is 8.76. The van der Waals surface area contributed by atoms with Gasteiger partial charge in [0.25, 0.3) is 0 Å². The number of carbonyl (C=O) groups excluding carboxylic acids is 1. The van der Waals surface area contributed by atoms with Gasteiger partial charge in [-0.1, -0.05) is 46.1 Å². The van der Waals surface area contributed by atoms with Crippen LogP contribution in [-0.4, -0.2) is 42.8 Å². The standard InChI is InChI=1S/C19H31NO2S.CH5N/c1-7-12-18(22-19(21)9-3)16(8-2)17(15(6)23)13-14-20(10-4)11-5;1-2/h7-9,12,15,17,23H,2-3,10-11,13-14H2,1,4-6H3;2H2,1H3/b12-7-,18-16-;. The molecule has 0 saturated carbocycles. The third-order valence-electron chi connectivity index (χ3n) is 3.83. The Morgan fingerprint density at radius 1 is 1.24 bits per heavy atom. The van der Waals surface area contributed by atoms with Crippen LogP contribution in [0.1, 0.15) is 34.1 Å². The van der Waals surface area contributed by atoms with Gasteiger partial charge in [0.05, 0.1) is 0 Å². The zero-order valence-electron chi connectivity index (χ0n) is 16.5. The molecule has 0 fully saturated rings. The summed E-state index contributed by atoms with van der Waals surface area (Å²) in [6.07, 6.45) is 7.50. The quantitative estimate of drug-likeness (QED) is 0.190. The maximum atomic E-state index is 11.6. The highest BCUT2D eigenvalue weighted by atomic mass is 32.1. The van der Waals surface area contributed by atoms with Gasteiger partial charge in [0.15, 0.2) is 0 Å². The number of allylic oxidation sites excluding steroid dienone is 4. The molecular weight excluding hydrogens is 332 g/mol. The van der Waals surface area contributed by atoms with E-state index in [0.29, 0.717) is 5.76 Å². The van der Waals surface area contributed by atoms with Crippen molar-refractivity contribution in [2.24, 2.45) is 11.7 Å². The average molecular weight is 369 g/mol. The molecule has 25 heavy (non-hydrogen) atoms. The molecule has 2 unspecified atom stereocenters. The summed E-state index contributed by atoms with van der Waals surface area (Å²) in [7, 11) is 1.50. The van der Waals surface area contributed by atoms with Crippen molar-refractivity contribution in [2.45, 2.75) is 39.4 Å². The predicted octanol–water partition coefficient (Wildman–Crippen LogP) is 3.97. The van der Waals surface area contributed by atoms with Crippen LogP contribution in [0.4, 0.5) is 0 Å². The van der Waals surface area contributed by atoms with Gasteiger partial charge in [-0.2, -0.15) is 12.6 Å². The van der Waals surface area contributed by atoms with Crippen LogP contribution >= 0.6 is 12.6 Å². The van der Waals surface area contributed by atoms with Crippen LogP contribution in [0.15, 0.2) is 48.8 Å². The molecular formula is C20H36N2O2S. The number of hydrogen-bond acceptors (Lipinski definition) is 5. The van der Waals surface area contributed by atoms with E-state index < -0.39 is 5.97 Å². The second-order valence-corrected chi connectivity index (χ2v) is 6.13. The molecule has 0 heterocycles. The summed E-state index contributed by atoms with van der Waals surface area (Å²) in [5.74, 6) is 0.213. The molecule has 0 aromatic rings. The van der Waals surface area contributed by atoms with Gasteiger partial charge in [-0.25, -0.2) is 4.79 Å². The summed E-state index contributed by atoms with van der Waals surface area (Å²) in [6.45, 7) is 18.6. The van der Waals surface area contributed by atoms with E-state index in [1.54, 1.807) is 12.2 Å². The van der Waals surface area contributed by atoms with Crippen molar-refractivity contribution < 1.29 is 9.53 Å². The Hall–Kier alpha value is -1.30. The zero-order chi connectivity index (χ0) is 19.8. The summed E-state index contributed by atoms with van der Waals surface area (Å²) in [5.41, 5.74) is 5.41. The van der Waals surface area contributed by atoms with E-state index >= 15 is 0 Å². The number of esters is 1. The second kappa shape index (κ2) is 16.2. The average Bonchev–Trinajstić information content (AvgIpc) is 2.62. The van der Waals surface area contributed by atoms with Gasteiger partial charge >= 0.3 is 5.97 Å². The number of carbonyl (C=O) groups is 1. The van der Waals surface area contributed by atoms with E-state index in [0.717, 1.165) is 31.6 Å². The van der Waals surface area contributed by atoms with Crippen LogP contribution in [0.5, 0.6) is 0 Å². The molecule has 0 aliphatic heterocycles. The van der Waals surface area contributed by atoms with Gasteiger partial charge in [0, 0.05) is 17.2 Å². The number of rotatable bonds is 11. The largest absolute Gasteiger partial charge is 0.423 e. The van der Waals surface area contributed by atoms with Crippen molar-refractivity contribution in [3.05, 3.63) is 48.8 Å². The molecule has 0 aliphatic carbocycles. The fraction of sp³-hybridized carbons (Fsp3) is 0.550. The lowest BCUT2D eigenvalue weighted by Crippen LogP contribution is -2.28. The van der Waals surface area contributed by atoms with Crippen LogP contribution in [0, 0.1) is 5.92 Å². The van der Waals surface area contributed by atoms with E-state index in [2.05, 4.69) is 57.2 Å². The molecule has 2 atom stereocenters. The van der Waals surface area contributed by atoms with Crippen LogP contribution in [0.25, 0.3) is 0 Å². The van der Waals surface area contributed by atoms with Crippen molar-refractivity contribution >= 4 is 18.6 Å². The molecule has 0 spiro atoms. The lowest BCUT2D eigenvalue weighted by atomic mass is 9.90. The smallest absolute Gasteiger partial charge is 0.335 e. The predicted molar refractivity (Wildman–Crippen MR) is 113 cm³/mol. The van der Waals surface area contributed by atoms with Crippen LogP contribution < -0.4 is 5.73 Å². The normalized spacial score (nSPS) is 14.2. The summed E-state index contributed by atoms with van der Waals surface area (Å²) >= 11 is 4.64. The maximum absolute atomic E-state index is 11.6. The number of nitrogens with zero attached hydrogens (tertiary/aromatic N) is 1. The molecule has 144 valence electrons. The summed E-state index contributed by atoms with van der Waals surface area (Å²) in [5, 5.41) is 0.126. The monoisotopic (exact) mass is 368 g/mol. The topological polar surface area (TPSA) is 55.6 Å². The Labute approximate surface area is 159 Å². The fourth-order valence-electron chi connectivity index (χ4n) is 2.44. The molecule has 0 aromatic heterocycles. The Kier molecular flexibility index (Phi) is 16.8. The Morgan fingerprint density at radius 3 is 2.16 bits per heavy atom. The highest BCUT2D eigenvalue weighted by molar-refractivity contribution is 7.80. The van der Waals surface area contributed by atoms with Gasteiger partial charge in [0.2, 0.25) is 0 Å². The van der Waals surface area contributed by atoms with Crippen LogP contribution in [0.3, 0.4) is 0 Å². The molecule has 0 amide bonds. The lowest BCUT2D eigenvalue weighted by molar-refractivity contribution is -0.133. The summed E-state index contributed by atoms with van der Waals surface area (Å²) < 4.78 is 5.40. The second-order valence-electron chi connectivity index (χ2n) is 5.31. The molecule has 0 saturated heterocycles. The molecule has 0 bridgehead atoms. The molecule has 0 rings (SSSR count). The van der Waals surface area contributed by atoms with E-state index in [4.69, 9.17) is 4.74 Å². The van der Waals surface area contributed by atoms with Crippen LogP contribution in [0.2, 0.25) is 0 Å². The molecule has 0 radical (unpaired) electrons. The number of nitrogens with two attached hydrogens (primary N) is 1. The number of ether oxygens (including phenoxy) is 1. The van der Waals surface area contributed by atoms with Crippen molar-refractivity contribution in [1.29, 1.82) is 0 Å². The maximum Gasteiger partial charge on any atom is 0.335 e. The molecule has 4 nitrogen and oxygen atoms in total. The van der Waals surface area contributed by atoms with Gasteiger partial charge in [0.1, 0.15) is 5.76 Å². The van der Waals surface area contributed by atoms with Gasteiger partial charge in [-0.05, 0) is 51.7 Å². The van der Waals surface area contributed by atoms with Gasteiger partial charge in [-0.3, -0.25) is 0 Å². The van der Waals surface area contributed by atoms with Gasteiger partial charge < -0.3 is 15.4 Å². The van der Waals surface area contributed by atoms with Gasteiger partial charge in [-0.15, -0.1) is 0 Å². The number of thiol groups is 1. The first-order chi connectivity index (χ1) is 11.9. The Balaban J connectivity index is 0. The molecule has 0 aliphatic rings. The SMILES string of the molecule is C=CC(=O)OC(/C=C\C)=C(/C=C)C(CCN(CC)CC)C(C)S.CN. The van der Waals surface area contributed by atoms with Crippen molar-refractivity contribution in [3.63, 3.8) is 0 Å². The van der Waals surface area contributed by atoms with Crippen molar-refractivity contribution in [1.82, 2.24) is 4.90 Å². The minimum absolute atomic E-state index is 0.126. The number of hydrogen-bond donors (Lipinski definition) is 2. The Bertz CT molecular complexity index is 453. The highest BCUT2D eigenvalue weighted by Gasteiger charge is 2.22. The molecule has 0 aromatic carbocycles. The van der Waals surface area contributed by atoms with E-state index in [1.807, 2.05) is 13.0 Å². The van der Waals surface area contributed by atoms with E-state index in [9.17, 15) is 4.79 Å². The highest BCUT2D eigenvalue weighted by Crippen LogP contribution is 2.28. The van der Waals surface area contributed by atoms with E-state index in [-0.39, 0.29) is 11.2 Å². The minimum atomic E-state index is -0.466. The minimum Gasteiger partial charge on any atom is -0.423 e. The molecule has 2 N–H and O–H groups in total. The van der Waals surface area contributed by atoms with E-state index in [1.165, 1.54) is 13.1 Å². The third kappa shape index (κ3) is 10.3. The van der Waals surface area contributed by atoms with Crippen molar-refractivity contribution in [3.8, 4) is 0 Å². The lowest BCUT2D eigenvalue weighted by Gasteiger charge is -2.26. The first kappa shape index (κ1) is 25.9. The zero-order valence-corrected chi connectivity index (χ0v) is 17.4. The Morgan fingerprint density at radius 2 is 1.80 bits per heavy atom. The summed E-state index contributed by atoms with van der Waals surface area (Å²) in [6, 6.07) is 0. The van der Waals surface area contributed by atoms with Crippen LogP contribution in [-0.2, 0) is 9.53 Å².